The number of sulfonamides is 2. The second-order valence-electron chi connectivity index (χ2n) is 8.60. The molecule has 3 aromatic rings. The van der Waals surface area contributed by atoms with Gasteiger partial charge in [0.2, 0.25) is 15.9 Å². The number of hydrogen-bond acceptors (Lipinski definition) is 6. The summed E-state index contributed by atoms with van der Waals surface area (Å²) in [6.07, 6.45) is 1.02. The maximum absolute atomic E-state index is 13.0. The van der Waals surface area contributed by atoms with Crippen LogP contribution < -0.4 is 19.1 Å². The number of amides is 1. The quantitative estimate of drug-likeness (QED) is 0.392. The molecule has 0 spiro atoms. The van der Waals surface area contributed by atoms with Gasteiger partial charge in [-0.2, -0.15) is 0 Å². The Balaban J connectivity index is 1.75. The minimum absolute atomic E-state index is 0.0191. The van der Waals surface area contributed by atoms with Crippen LogP contribution in [0.15, 0.2) is 71.6 Å². The van der Waals surface area contributed by atoms with Gasteiger partial charge in [-0.3, -0.25) is 13.8 Å². The molecular formula is C26H31N3O6S2. The zero-order valence-corrected chi connectivity index (χ0v) is 23.0. The van der Waals surface area contributed by atoms with Gasteiger partial charge in [-0.15, -0.1) is 0 Å². The Morgan fingerprint density at radius 3 is 2.11 bits per heavy atom. The minimum Gasteiger partial charge on any atom is -0.494 e. The van der Waals surface area contributed by atoms with Crippen molar-refractivity contribution in [1.82, 2.24) is 0 Å². The molecule has 2 N–H and O–H groups in total. The van der Waals surface area contributed by atoms with Gasteiger partial charge in [0.15, 0.2) is 0 Å². The Bertz CT molecular complexity index is 1470. The normalized spacial score (nSPS) is 12.5. The van der Waals surface area contributed by atoms with Gasteiger partial charge in [0, 0.05) is 5.69 Å². The summed E-state index contributed by atoms with van der Waals surface area (Å²) in [6.45, 7) is 7.52. The molecule has 1 amide bonds. The minimum atomic E-state index is -3.85. The number of ether oxygens (including phenoxy) is 1. The van der Waals surface area contributed by atoms with Gasteiger partial charge in [-0.05, 0) is 87.9 Å². The third-order valence-corrected chi connectivity index (χ3v) is 8.17. The Kier molecular flexibility index (Phi) is 8.49. The summed E-state index contributed by atoms with van der Waals surface area (Å²) in [7, 11) is -7.65. The van der Waals surface area contributed by atoms with E-state index in [1.165, 1.54) is 31.2 Å². The van der Waals surface area contributed by atoms with E-state index < -0.39 is 32.0 Å². The molecule has 0 aromatic heterocycles. The fourth-order valence-corrected chi connectivity index (χ4v) is 6.07. The van der Waals surface area contributed by atoms with Crippen LogP contribution >= 0.6 is 0 Å². The van der Waals surface area contributed by atoms with Crippen LogP contribution in [0.25, 0.3) is 0 Å². The predicted octanol–water partition coefficient (Wildman–Crippen LogP) is 4.30. The van der Waals surface area contributed by atoms with E-state index in [0.717, 1.165) is 21.7 Å². The molecule has 0 radical (unpaired) electrons. The van der Waals surface area contributed by atoms with E-state index in [1.807, 2.05) is 32.9 Å². The first-order valence-corrected chi connectivity index (χ1v) is 14.9. The average Bonchev–Trinajstić information content (AvgIpc) is 2.82. The summed E-state index contributed by atoms with van der Waals surface area (Å²) in [5, 5.41) is 2.65. The lowest BCUT2D eigenvalue weighted by Gasteiger charge is -2.28. The molecule has 0 aliphatic rings. The Hall–Kier alpha value is -3.57. The average molecular weight is 546 g/mol. The monoisotopic (exact) mass is 545 g/mol. The van der Waals surface area contributed by atoms with Crippen molar-refractivity contribution in [2.75, 3.05) is 27.2 Å². The summed E-state index contributed by atoms with van der Waals surface area (Å²) in [5.74, 6) is 0.00204. The van der Waals surface area contributed by atoms with Gasteiger partial charge in [-0.1, -0.05) is 17.7 Å². The highest BCUT2D eigenvalue weighted by Crippen LogP contribution is 2.25. The number of carbonyl (C=O) groups is 1. The van der Waals surface area contributed by atoms with Gasteiger partial charge in [0.25, 0.3) is 10.0 Å². The fraction of sp³-hybridized carbons (Fsp3) is 0.269. The van der Waals surface area contributed by atoms with Crippen molar-refractivity contribution in [3.63, 3.8) is 0 Å². The molecule has 3 aromatic carbocycles. The molecule has 0 aliphatic heterocycles. The lowest BCUT2D eigenvalue weighted by atomic mass is 10.1. The highest BCUT2D eigenvalue weighted by molar-refractivity contribution is 7.92. The first kappa shape index (κ1) is 28.0. The van der Waals surface area contributed by atoms with Crippen molar-refractivity contribution in [1.29, 1.82) is 0 Å². The Morgan fingerprint density at radius 1 is 0.946 bits per heavy atom. The van der Waals surface area contributed by atoms with E-state index in [0.29, 0.717) is 29.4 Å². The second-order valence-corrected chi connectivity index (χ2v) is 12.1. The van der Waals surface area contributed by atoms with Crippen LogP contribution in [0.3, 0.4) is 0 Å². The van der Waals surface area contributed by atoms with Crippen molar-refractivity contribution >= 4 is 43.0 Å². The smallest absolute Gasteiger partial charge is 0.261 e. The van der Waals surface area contributed by atoms with Crippen molar-refractivity contribution in [3.05, 3.63) is 77.9 Å². The van der Waals surface area contributed by atoms with Crippen LogP contribution in [-0.4, -0.2) is 41.6 Å². The lowest BCUT2D eigenvalue weighted by Crippen LogP contribution is -2.45. The zero-order chi connectivity index (χ0) is 27.4. The number of carbonyl (C=O) groups excluding carboxylic acids is 1. The summed E-state index contributed by atoms with van der Waals surface area (Å²) >= 11 is 0. The number of benzene rings is 3. The molecule has 9 nitrogen and oxygen atoms in total. The standard InChI is InChI=1S/C26H31N3O6S2/c1-6-35-23-12-10-22(11-13-23)29(36(5,31)32)20(4)26(30)27-21-8-14-24(15-9-21)37(33,34)28-25-16-7-18(2)17-19(25)3/h7-17,20,28H,6H2,1-5H3,(H,27,30). The maximum Gasteiger partial charge on any atom is 0.261 e. The molecule has 0 heterocycles. The molecule has 1 atom stereocenters. The van der Waals surface area contributed by atoms with Gasteiger partial charge in [0.05, 0.1) is 29.1 Å². The summed E-state index contributed by atoms with van der Waals surface area (Å²) in [4.78, 5) is 13.0. The predicted molar refractivity (Wildman–Crippen MR) is 146 cm³/mol. The highest BCUT2D eigenvalue weighted by Gasteiger charge is 2.29. The topological polar surface area (TPSA) is 122 Å². The molecule has 0 fully saturated rings. The number of nitrogens with zero attached hydrogens (tertiary/aromatic N) is 1. The molecule has 11 heteroatoms. The summed E-state index contributed by atoms with van der Waals surface area (Å²) in [5.41, 5.74) is 2.93. The van der Waals surface area contributed by atoms with Crippen molar-refractivity contribution in [2.45, 2.75) is 38.6 Å². The van der Waals surface area contributed by atoms with Crippen LogP contribution in [0.5, 0.6) is 5.75 Å². The van der Waals surface area contributed by atoms with E-state index in [1.54, 1.807) is 30.3 Å². The second kappa shape index (κ2) is 11.2. The molecule has 198 valence electrons. The molecular weight excluding hydrogens is 514 g/mol. The van der Waals surface area contributed by atoms with Crippen molar-refractivity contribution < 1.29 is 26.4 Å². The maximum atomic E-state index is 13.0. The molecule has 1 unspecified atom stereocenters. The zero-order valence-electron chi connectivity index (χ0n) is 21.3. The Morgan fingerprint density at radius 2 is 1.57 bits per heavy atom. The van der Waals surface area contributed by atoms with Gasteiger partial charge < -0.3 is 10.1 Å². The highest BCUT2D eigenvalue weighted by atomic mass is 32.2. The molecule has 0 bridgehead atoms. The van der Waals surface area contributed by atoms with Crippen LogP contribution in [0.1, 0.15) is 25.0 Å². The largest absolute Gasteiger partial charge is 0.494 e. The fourth-order valence-electron chi connectivity index (χ4n) is 3.76. The molecule has 0 saturated carbocycles. The van der Waals surface area contributed by atoms with E-state index in [4.69, 9.17) is 4.74 Å². The van der Waals surface area contributed by atoms with Crippen molar-refractivity contribution in [3.8, 4) is 5.75 Å². The number of rotatable bonds is 10. The van der Waals surface area contributed by atoms with Crippen molar-refractivity contribution in [2.24, 2.45) is 0 Å². The molecule has 0 saturated heterocycles. The number of hydrogen-bond donors (Lipinski definition) is 2. The van der Waals surface area contributed by atoms with Crippen LogP contribution in [0, 0.1) is 13.8 Å². The van der Waals surface area contributed by atoms with E-state index in [9.17, 15) is 21.6 Å². The number of aryl methyl sites for hydroxylation is 2. The van der Waals surface area contributed by atoms with Gasteiger partial charge in [-0.25, -0.2) is 16.8 Å². The Labute approximate surface area is 218 Å². The van der Waals surface area contributed by atoms with Crippen LogP contribution in [0.4, 0.5) is 17.1 Å². The molecule has 0 aliphatic carbocycles. The van der Waals surface area contributed by atoms with E-state index in [-0.39, 0.29) is 4.90 Å². The first-order valence-electron chi connectivity index (χ1n) is 11.5. The van der Waals surface area contributed by atoms with Crippen LogP contribution in [0.2, 0.25) is 0 Å². The SMILES string of the molecule is CCOc1ccc(N(C(C)C(=O)Nc2ccc(S(=O)(=O)Nc3ccc(C)cc3C)cc2)S(C)(=O)=O)cc1. The number of nitrogens with one attached hydrogen (secondary N) is 2. The van der Waals surface area contributed by atoms with E-state index in [2.05, 4.69) is 10.0 Å². The molecule has 3 rings (SSSR count). The molecule has 37 heavy (non-hydrogen) atoms. The van der Waals surface area contributed by atoms with Gasteiger partial charge >= 0.3 is 0 Å². The van der Waals surface area contributed by atoms with E-state index >= 15 is 0 Å². The third-order valence-electron chi connectivity index (χ3n) is 5.55. The summed E-state index contributed by atoms with van der Waals surface area (Å²) in [6, 6.07) is 16.4. The first-order chi connectivity index (χ1) is 17.3. The number of anilines is 3. The summed E-state index contributed by atoms with van der Waals surface area (Å²) < 4.78 is 59.7. The van der Waals surface area contributed by atoms with Crippen LogP contribution in [-0.2, 0) is 24.8 Å². The lowest BCUT2D eigenvalue weighted by molar-refractivity contribution is -0.116. The van der Waals surface area contributed by atoms with Gasteiger partial charge in [0.1, 0.15) is 11.8 Å². The third kappa shape index (κ3) is 7.01.